The summed E-state index contributed by atoms with van der Waals surface area (Å²) >= 11 is 1.76. The van der Waals surface area contributed by atoms with Gasteiger partial charge in [0.25, 0.3) is 0 Å². The summed E-state index contributed by atoms with van der Waals surface area (Å²) in [5.74, 6) is 0.831. The zero-order valence-corrected chi connectivity index (χ0v) is 20.1. The Morgan fingerprint density at radius 1 is 0.971 bits per heavy atom. The maximum Gasteiger partial charge on any atom is 0.154 e. The summed E-state index contributed by atoms with van der Waals surface area (Å²) in [6.07, 6.45) is 9.35. The number of rotatable bonds is 3. The maximum atomic E-state index is 9.88. The van der Waals surface area contributed by atoms with E-state index < -0.39 is 0 Å². The Balaban J connectivity index is 0.000000257. The van der Waals surface area contributed by atoms with Crippen molar-refractivity contribution in [1.29, 1.82) is 0 Å². The molecule has 0 radical (unpaired) electrons. The maximum absolute atomic E-state index is 9.88. The Kier molecular flexibility index (Phi) is 7.10. The van der Waals surface area contributed by atoms with Gasteiger partial charge in [-0.15, -0.1) is 16.4 Å². The van der Waals surface area contributed by atoms with Crippen molar-refractivity contribution in [2.45, 2.75) is 75.7 Å². The van der Waals surface area contributed by atoms with Crippen molar-refractivity contribution in [2.75, 3.05) is 5.32 Å². The number of aliphatic hydroxyl groups is 2. The van der Waals surface area contributed by atoms with Crippen LogP contribution in [0.5, 0.6) is 0 Å². The zero-order valence-electron chi connectivity index (χ0n) is 19.3. The molecule has 0 spiro atoms. The molecule has 7 nitrogen and oxygen atoms in total. The van der Waals surface area contributed by atoms with Crippen molar-refractivity contribution in [3.8, 4) is 10.6 Å². The minimum Gasteiger partial charge on any atom is -0.393 e. The second-order valence-corrected chi connectivity index (χ2v) is 10.6. The van der Waals surface area contributed by atoms with E-state index in [1.165, 1.54) is 10.1 Å². The van der Waals surface area contributed by atoms with E-state index in [-0.39, 0.29) is 24.3 Å². The van der Waals surface area contributed by atoms with E-state index in [4.69, 9.17) is 15.9 Å². The molecule has 4 atom stereocenters. The summed E-state index contributed by atoms with van der Waals surface area (Å²) in [6, 6.07) is 15.1. The summed E-state index contributed by atoms with van der Waals surface area (Å²) < 4.78 is 3.18. The van der Waals surface area contributed by atoms with Gasteiger partial charge >= 0.3 is 0 Å². The average molecular weight is 480 g/mol. The molecule has 2 aliphatic rings. The van der Waals surface area contributed by atoms with Crippen LogP contribution in [-0.4, -0.2) is 49.1 Å². The predicted octanol–water partition coefficient (Wildman–Crippen LogP) is 4.58. The van der Waals surface area contributed by atoms with E-state index >= 15 is 0 Å². The minimum absolute atomic E-state index is 0.112. The third-order valence-corrected chi connectivity index (χ3v) is 7.86. The van der Waals surface area contributed by atoms with Crippen LogP contribution in [0.3, 0.4) is 0 Å². The lowest BCUT2D eigenvalue weighted by Crippen LogP contribution is -2.30. The molecule has 4 aromatic rings. The molecule has 0 bridgehead atoms. The highest BCUT2D eigenvalue weighted by molar-refractivity contribution is 7.22. The monoisotopic (exact) mass is 479 g/mol. The fourth-order valence-electron chi connectivity index (χ4n) is 4.93. The number of benzene rings is 1. The molecule has 5 N–H and O–H groups in total. The second-order valence-electron chi connectivity index (χ2n) is 9.52. The molecule has 34 heavy (non-hydrogen) atoms. The first-order chi connectivity index (χ1) is 16.5. The molecular formula is C26H33N5O2S. The van der Waals surface area contributed by atoms with Crippen LogP contribution in [0.1, 0.15) is 51.4 Å². The largest absolute Gasteiger partial charge is 0.393 e. The average Bonchev–Trinajstić information content (AvgIpc) is 3.43. The highest BCUT2D eigenvalue weighted by Gasteiger charge is 2.21. The van der Waals surface area contributed by atoms with Crippen LogP contribution in [-0.2, 0) is 0 Å². The molecule has 0 saturated heterocycles. The molecule has 3 aromatic heterocycles. The van der Waals surface area contributed by atoms with E-state index in [9.17, 15) is 5.11 Å². The Hall–Kier alpha value is -2.52. The van der Waals surface area contributed by atoms with Gasteiger partial charge in [-0.1, -0.05) is 18.2 Å². The Labute approximate surface area is 203 Å². The fourth-order valence-corrected chi connectivity index (χ4v) is 5.99. The third kappa shape index (κ3) is 5.41. The first-order valence-electron chi connectivity index (χ1n) is 12.3. The standard InChI is InChI=1S/C20H20N4OS.C6H13NO/c25-15-6-3-5-14(11-15)22-19-8-9-20-21-12-16(24(20)23-19)18-10-13-4-1-2-7-17(13)26-18;7-5-2-1-3-6(8)4-5/h1-2,4,7-10,12,14-15,25H,3,5-6,11H2,(H,22,23);5-6,8H,1-4,7H2/t14-,15-;5-,6-/m00/s1. The van der Waals surface area contributed by atoms with E-state index in [0.29, 0.717) is 0 Å². The number of thiophene rings is 1. The molecule has 0 aliphatic heterocycles. The molecule has 6 rings (SSSR count). The first kappa shape index (κ1) is 23.2. The van der Waals surface area contributed by atoms with Gasteiger partial charge < -0.3 is 21.3 Å². The molecule has 3 heterocycles. The molecule has 2 saturated carbocycles. The molecule has 2 aliphatic carbocycles. The lowest BCUT2D eigenvalue weighted by Gasteiger charge is -2.26. The number of nitrogens with one attached hydrogen (secondary N) is 1. The van der Waals surface area contributed by atoms with Gasteiger partial charge in [-0.05, 0) is 81.0 Å². The van der Waals surface area contributed by atoms with Crippen LogP contribution in [0.25, 0.3) is 26.3 Å². The van der Waals surface area contributed by atoms with Crippen molar-refractivity contribution in [3.05, 3.63) is 48.7 Å². The summed E-state index contributed by atoms with van der Waals surface area (Å²) in [4.78, 5) is 5.67. The molecule has 1 aromatic carbocycles. The highest BCUT2D eigenvalue weighted by Crippen LogP contribution is 2.33. The summed E-state index contributed by atoms with van der Waals surface area (Å²) in [5, 5.41) is 28.4. The lowest BCUT2D eigenvalue weighted by atomic mass is 9.93. The van der Waals surface area contributed by atoms with Crippen molar-refractivity contribution >= 4 is 32.9 Å². The predicted molar refractivity (Wildman–Crippen MR) is 138 cm³/mol. The molecule has 8 heteroatoms. The number of nitrogens with zero attached hydrogens (tertiary/aromatic N) is 3. The number of hydrogen-bond donors (Lipinski definition) is 4. The number of hydrogen-bond acceptors (Lipinski definition) is 7. The van der Waals surface area contributed by atoms with Gasteiger partial charge in [0, 0.05) is 16.8 Å². The lowest BCUT2D eigenvalue weighted by molar-refractivity contribution is 0.120. The smallest absolute Gasteiger partial charge is 0.154 e. The van der Waals surface area contributed by atoms with Crippen molar-refractivity contribution in [3.63, 3.8) is 0 Å². The molecule has 2 fully saturated rings. The number of aliphatic hydroxyl groups excluding tert-OH is 2. The number of aromatic nitrogens is 3. The van der Waals surface area contributed by atoms with Gasteiger partial charge in [-0.3, -0.25) is 0 Å². The van der Waals surface area contributed by atoms with Gasteiger partial charge in [0.05, 0.1) is 23.3 Å². The van der Waals surface area contributed by atoms with E-state index in [2.05, 4.69) is 40.6 Å². The number of imidazole rings is 1. The van der Waals surface area contributed by atoms with Gasteiger partial charge in [-0.25, -0.2) is 9.50 Å². The van der Waals surface area contributed by atoms with Crippen molar-refractivity contribution in [2.24, 2.45) is 5.73 Å². The van der Waals surface area contributed by atoms with Gasteiger partial charge in [0.1, 0.15) is 11.5 Å². The summed E-state index contributed by atoms with van der Waals surface area (Å²) in [7, 11) is 0. The third-order valence-electron chi connectivity index (χ3n) is 6.73. The molecule has 0 amide bonds. The van der Waals surface area contributed by atoms with E-state index in [1.807, 2.05) is 22.8 Å². The Morgan fingerprint density at radius 2 is 1.76 bits per heavy atom. The number of anilines is 1. The molecule has 180 valence electrons. The van der Waals surface area contributed by atoms with Crippen molar-refractivity contribution in [1.82, 2.24) is 14.6 Å². The summed E-state index contributed by atoms with van der Waals surface area (Å²) in [5.41, 5.74) is 7.41. The van der Waals surface area contributed by atoms with Crippen LogP contribution in [0.2, 0.25) is 0 Å². The fraction of sp³-hybridized carbons (Fsp3) is 0.462. The van der Waals surface area contributed by atoms with Crippen LogP contribution in [0.4, 0.5) is 5.82 Å². The highest BCUT2D eigenvalue weighted by atomic mass is 32.1. The van der Waals surface area contributed by atoms with Crippen molar-refractivity contribution < 1.29 is 10.2 Å². The van der Waals surface area contributed by atoms with Gasteiger partial charge in [0.15, 0.2) is 5.65 Å². The minimum atomic E-state index is -0.202. The van der Waals surface area contributed by atoms with Gasteiger partial charge in [-0.2, -0.15) is 0 Å². The quantitative estimate of drug-likeness (QED) is 0.343. The van der Waals surface area contributed by atoms with Crippen LogP contribution >= 0.6 is 11.3 Å². The first-order valence-corrected chi connectivity index (χ1v) is 13.1. The second kappa shape index (κ2) is 10.4. The number of nitrogens with two attached hydrogens (primary N) is 1. The normalized spacial score (nSPS) is 25.1. The molecule has 0 unspecified atom stereocenters. The topological polar surface area (TPSA) is 109 Å². The van der Waals surface area contributed by atoms with Crippen LogP contribution in [0.15, 0.2) is 48.7 Å². The SMILES string of the molecule is N[C@H]1CCC[C@H](O)C1.O[C@H]1CCC[C@H](Nc2ccc3ncc(-c4cc5ccccc5s4)n3n2)C1. The Morgan fingerprint density at radius 3 is 2.50 bits per heavy atom. The van der Waals surface area contributed by atoms with Gasteiger partial charge in [0.2, 0.25) is 0 Å². The van der Waals surface area contributed by atoms with Crippen LogP contribution in [0, 0.1) is 0 Å². The zero-order chi connectivity index (χ0) is 23.5. The number of fused-ring (bicyclic) bond motifs is 2. The van der Waals surface area contributed by atoms with E-state index in [1.54, 1.807) is 11.3 Å². The molecular weight excluding hydrogens is 446 g/mol. The Bertz CT molecular complexity index is 1200. The van der Waals surface area contributed by atoms with E-state index in [0.717, 1.165) is 73.4 Å². The van der Waals surface area contributed by atoms with Crippen LogP contribution < -0.4 is 11.1 Å². The summed E-state index contributed by atoms with van der Waals surface area (Å²) in [6.45, 7) is 0.